The number of ether oxygens (including phenoxy) is 1. The summed E-state index contributed by atoms with van der Waals surface area (Å²) in [4.78, 5) is 23.5. The van der Waals surface area contributed by atoms with Gasteiger partial charge in [-0.2, -0.15) is 0 Å². The molecule has 6 heteroatoms. The molecule has 1 amide bonds. The molecule has 0 saturated carbocycles. The van der Waals surface area contributed by atoms with Crippen molar-refractivity contribution in [3.63, 3.8) is 0 Å². The molecule has 2 N–H and O–H groups in total. The van der Waals surface area contributed by atoms with E-state index in [-0.39, 0.29) is 11.3 Å². The number of anilines is 1. The van der Waals surface area contributed by atoms with Crippen LogP contribution in [0.25, 0.3) is 0 Å². The maximum absolute atomic E-state index is 12.3. The minimum absolute atomic E-state index is 0.0311. The molecular weight excluding hydrogens is 354 g/mol. The Morgan fingerprint density at radius 3 is 2.04 bits per heavy atom. The lowest BCUT2D eigenvalue weighted by Gasteiger charge is -2.09. The van der Waals surface area contributed by atoms with Crippen LogP contribution in [0.1, 0.15) is 20.7 Å². The fourth-order valence-corrected chi connectivity index (χ4v) is 2.41. The van der Waals surface area contributed by atoms with Gasteiger partial charge in [-0.1, -0.05) is 23.7 Å². The van der Waals surface area contributed by atoms with E-state index in [1.165, 1.54) is 6.07 Å². The Labute approximate surface area is 154 Å². The number of carboxylic acid groups (broad SMARTS) is 1. The van der Waals surface area contributed by atoms with Gasteiger partial charge in [0.25, 0.3) is 5.91 Å². The lowest BCUT2D eigenvalue weighted by molar-refractivity contribution is 0.0698. The minimum atomic E-state index is -1.10. The Balaban J connectivity index is 1.71. The first-order valence-electron chi connectivity index (χ1n) is 7.70. The van der Waals surface area contributed by atoms with Crippen LogP contribution in [0.5, 0.6) is 11.5 Å². The molecule has 0 spiro atoms. The summed E-state index contributed by atoms with van der Waals surface area (Å²) in [5, 5.41) is 12.4. The van der Waals surface area contributed by atoms with Crippen LogP contribution < -0.4 is 10.1 Å². The number of rotatable bonds is 5. The molecule has 5 nitrogen and oxygen atoms in total. The van der Waals surface area contributed by atoms with Crippen molar-refractivity contribution in [1.82, 2.24) is 0 Å². The lowest BCUT2D eigenvalue weighted by Crippen LogP contribution is -2.14. The van der Waals surface area contributed by atoms with Crippen LogP contribution in [0.4, 0.5) is 5.69 Å². The third-order valence-electron chi connectivity index (χ3n) is 3.57. The van der Waals surface area contributed by atoms with Crippen LogP contribution in [0, 0.1) is 0 Å². The normalized spacial score (nSPS) is 10.2. The molecule has 0 aliphatic rings. The Kier molecular flexibility index (Phi) is 5.20. The largest absolute Gasteiger partial charge is 0.478 e. The summed E-state index contributed by atoms with van der Waals surface area (Å²) in [6, 6.07) is 19.7. The first-order valence-corrected chi connectivity index (χ1v) is 8.08. The van der Waals surface area contributed by atoms with Gasteiger partial charge in [-0.25, -0.2) is 4.79 Å². The van der Waals surface area contributed by atoms with Gasteiger partial charge in [0.2, 0.25) is 0 Å². The van der Waals surface area contributed by atoms with Crippen molar-refractivity contribution in [2.75, 3.05) is 5.32 Å². The van der Waals surface area contributed by atoms with Crippen LogP contribution >= 0.6 is 11.6 Å². The predicted molar refractivity (Wildman–Crippen MR) is 99.3 cm³/mol. The van der Waals surface area contributed by atoms with Crippen molar-refractivity contribution in [3.05, 3.63) is 88.9 Å². The fraction of sp³-hybridized carbons (Fsp3) is 0. The van der Waals surface area contributed by atoms with Gasteiger partial charge in [0, 0.05) is 10.6 Å². The maximum Gasteiger partial charge on any atom is 0.337 e. The number of halogens is 1. The van der Waals surface area contributed by atoms with Gasteiger partial charge in [0.1, 0.15) is 11.5 Å². The van der Waals surface area contributed by atoms with E-state index in [0.717, 1.165) is 0 Å². The molecule has 0 radical (unpaired) electrons. The highest BCUT2D eigenvalue weighted by Crippen LogP contribution is 2.24. The number of benzene rings is 3. The summed E-state index contributed by atoms with van der Waals surface area (Å²) in [5.74, 6) is -0.318. The van der Waals surface area contributed by atoms with Crippen molar-refractivity contribution < 1.29 is 19.4 Å². The minimum Gasteiger partial charge on any atom is -0.478 e. The first kappa shape index (κ1) is 17.5. The van der Waals surface area contributed by atoms with E-state index >= 15 is 0 Å². The number of carbonyl (C=O) groups excluding carboxylic acids is 1. The van der Waals surface area contributed by atoms with Crippen molar-refractivity contribution in [2.24, 2.45) is 0 Å². The number of hydrogen-bond acceptors (Lipinski definition) is 3. The van der Waals surface area contributed by atoms with Crippen molar-refractivity contribution in [3.8, 4) is 11.5 Å². The van der Waals surface area contributed by atoms with E-state index < -0.39 is 11.9 Å². The Morgan fingerprint density at radius 2 is 1.42 bits per heavy atom. The molecule has 0 aliphatic heterocycles. The fourth-order valence-electron chi connectivity index (χ4n) is 2.29. The average molecular weight is 368 g/mol. The molecule has 0 unspecified atom stereocenters. The number of carbonyl (C=O) groups is 2. The number of nitrogens with one attached hydrogen (secondary N) is 1. The molecule has 3 rings (SSSR count). The zero-order valence-electron chi connectivity index (χ0n) is 13.5. The molecule has 3 aromatic rings. The van der Waals surface area contributed by atoms with Gasteiger partial charge in [0.05, 0.1) is 11.3 Å². The summed E-state index contributed by atoms with van der Waals surface area (Å²) in [5.41, 5.74) is 0.656. The molecule has 0 aromatic heterocycles. The summed E-state index contributed by atoms with van der Waals surface area (Å²) in [7, 11) is 0. The molecule has 0 heterocycles. The second-order valence-electron chi connectivity index (χ2n) is 5.39. The van der Waals surface area contributed by atoms with E-state index in [0.29, 0.717) is 22.1 Å². The average Bonchev–Trinajstić information content (AvgIpc) is 2.64. The second-order valence-corrected chi connectivity index (χ2v) is 5.82. The summed E-state index contributed by atoms with van der Waals surface area (Å²) in [6.07, 6.45) is 0. The number of aromatic carboxylic acids is 1. The third-order valence-corrected chi connectivity index (χ3v) is 3.82. The molecule has 0 fully saturated rings. The highest BCUT2D eigenvalue weighted by Gasteiger charge is 2.13. The van der Waals surface area contributed by atoms with Crippen LogP contribution in [0.3, 0.4) is 0 Å². The van der Waals surface area contributed by atoms with E-state index in [2.05, 4.69) is 5.32 Å². The number of carboxylic acids is 1. The van der Waals surface area contributed by atoms with Crippen LogP contribution in [0.15, 0.2) is 72.8 Å². The molecule has 0 atom stereocenters. The molecule has 3 aromatic carbocycles. The Hall–Kier alpha value is -3.31. The van der Waals surface area contributed by atoms with Crippen LogP contribution in [0.2, 0.25) is 5.02 Å². The smallest absolute Gasteiger partial charge is 0.337 e. The number of para-hydroxylation sites is 1. The van der Waals surface area contributed by atoms with Crippen molar-refractivity contribution >= 4 is 29.2 Å². The molecule has 0 saturated heterocycles. The van der Waals surface area contributed by atoms with Gasteiger partial charge < -0.3 is 15.2 Å². The van der Waals surface area contributed by atoms with E-state index in [1.807, 2.05) is 0 Å². The van der Waals surface area contributed by atoms with Gasteiger partial charge in [-0.15, -0.1) is 0 Å². The lowest BCUT2D eigenvalue weighted by atomic mass is 10.1. The van der Waals surface area contributed by atoms with E-state index in [4.69, 9.17) is 21.4 Å². The third kappa shape index (κ3) is 4.20. The highest BCUT2D eigenvalue weighted by atomic mass is 35.5. The van der Waals surface area contributed by atoms with Gasteiger partial charge in [-0.05, 0) is 60.7 Å². The van der Waals surface area contributed by atoms with Crippen molar-refractivity contribution in [2.45, 2.75) is 0 Å². The standard InChI is InChI=1S/C20H14ClNO4/c21-14-7-11-16(12-8-14)26-15-9-5-13(6-10-15)19(23)22-18-4-2-1-3-17(18)20(24)25/h1-12H,(H,22,23)(H,24,25). The first-order chi connectivity index (χ1) is 12.5. The van der Waals surface area contributed by atoms with Crippen LogP contribution in [-0.2, 0) is 0 Å². The molecule has 130 valence electrons. The second kappa shape index (κ2) is 7.72. The summed E-state index contributed by atoms with van der Waals surface area (Å²) in [6.45, 7) is 0. The monoisotopic (exact) mass is 367 g/mol. The topological polar surface area (TPSA) is 75.6 Å². The molecule has 0 aliphatic carbocycles. The van der Waals surface area contributed by atoms with Crippen molar-refractivity contribution in [1.29, 1.82) is 0 Å². The molecule has 26 heavy (non-hydrogen) atoms. The van der Waals surface area contributed by atoms with Crippen LogP contribution in [-0.4, -0.2) is 17.0 Å². The SMILES string of the molecule is O=C(Nc1ccccc1C(=O)O)c1ccc(Oc2ccc(Cl)cc2)cc1. The summed E-state index contributed by atoms with van der Waals surface area (Å²) >= 11 is 5.83. The molecule has 0 bridgehead atoms. The number of hydrogen-bond donors (Lipinski definition) is 2. The van der Waals surface area contributed by atoms with Gasteiger partial charge in [-0.3, -0.25) is 4.79 Å². The Bertz CT molecular complexity index is 937. The molecular formula is C20H14ClNO4. The predicted octanol–water partition coefficient (Wildman–Crippen LogP) is 5.08. The van der Waals surface area contributed by atoms with Gasteiger partial charge in [0.15, 0.2) is 0 Å². The summed E-state index contributed by atoms with van der Waals surface area (Å²) < 4.78 is 5.67. The van der Waals surface area contributed by atoms with E-state index in [9.17, 15) is 9.59 Å². The zero-order chi connectivity index (χ0) is 18.5. The number of amides is 1. The zero-order valence-corrected chi connectivity index (χ0v) is 14.2. The highest BCUT2D eigenvalue weighted by molar-refractivity contribution is 6.30. The van der Waals surface area contributed by atoms with Gasteiger partial charge >= 0.3 is 5.97 Å². The van der Waals surface area contributed by atoms with E-state index in [1.54, 1.807) is 66.7 Å². The Morgan fingerprint density at radius 1 is 0.846 bits per heavy atom. The quantitative estimate of drug-likeness (QED) is 0.659. The maximum atomic E-state index is 12.3.